The van der Waals surface area contributed by atoms with Crippen LogP contribution in [0.4, 0.5) is 4.39 Å². The van der Waals surface area contributed by atoms with Gasteiger partial charge in [-0.25, -0.2) is 4.39 Å². The molecule has 0 amide bonds. The van der Waals surface area contributed by atoms with Gasteiger partial charge in [-0.3, -0.25) is 0 Å². The Labute approximate surface area is 125 Å². The van der Waals surface area contributed by atoms with E-state index < -0.39 is 0 Å². The summed E-state index contributed by atoms with van der Waals surface area (Å²) in [6.07, 6.45) is 2.60. The Hall–Kier alpha value is -0.580. The second-order valence-electron chi connectivity index (χ2n) is 5.77. The molecular weight excluding hydrogens is 271 g/mol. The first-order valence-corrected chi connectivity index (χ1v) is 8.77. The number of rotatable bonds is 6. The highest BCUT2D eigenvalue weighted by atomic mass is 32.2. The number of benzene rings is 1. The van der Waals surface area contributed by atoms with Crippen molar-refractivity contribution in [1.82, 2.24) is 10.2 Å². The van der Waals surface area contributed by atoms with Crippen LogP contribution in [0.25, 0.3) is 0 Å². The number of nitrogens with one attached hydrogen (secondary N) is 1. The molecule has 1 heterocycles. The fourth-order valence-electron chi connectivity index (χ4n) is 2.86. The molecule has 1 aromatic rings. The van der Waals surface area contributed by atoms with E-state index in [4.69, 9.17) is 0 Å². The van der Waals surface area contributed by atoms with Crippen LogP contribution in [0.5, 0.6) is 0 Å². The molecule has 1 saturated heterocycles. The predicted octanol–water partition coefficient (Wildman–Crippen LogP) is 2.92. The van der Waals surface area contributed by atoms with E-state index in [0.717, 1.165) is 19.0 Å². The van der Waals surface area contributed by atoms with Crippen LogP contribution in [-0.2, 0) is 0 Å². The van der Waals surface area contributed by atoms with Gasteiger partial charge in [-0.2, -0.15) is 11.8 Å². The maximum absolute atomic E-state index is 13.0. The topological polar surface area (TPSA) is 15.3 Å². The Morgan fingerprint density at radius 1 is 1.20 bits per heavy atom. The molecule has 1 unspecified atom stereocenters. The van der Waals surface area contributed by atoms with Gasteiger partial charge in [0.15, 0.2) is 0 Å². The van der Waals surface area contributed by atoms with Gasteiger partial charge in [0.25, 0.3) is 0 Å². The van der Waals surface area contributed by atoms with Crippen molar-refractivity contribution < 1.29 is 4.39 Å². The number of hydrogen-bond donors (Lipinski definition) is 1. The van der Waals surface area contributed by atoms with E-state index in [2.05, 4.69) is 22.0 Å². The highest BCUT2D eigenvalue weighted by Crippen LogP contribution is 2.40. The van der Waals surface area contributed by atoms with Crippen LogP contribution in [0.15, 0.2) is 24.3 Å². The predicted molar refractivity (Wildman–Crippen MR) is 83.6 cm³/mol. The van der Waals surface area contributed by atoms with Gasteiger partial charge in [0.2, 0.25) is 0 Å². The Morgan fingerprint density at radius 3 is 2.55 bits per heavy atom. The molecule has 2 fully saturated rings. The minimum atomic E-state index is -0.144. The van der Waals surface area contributed by atoms with E-state index in [0.29, 0.717) is 6.04 Å². The first-order valence-electron chi connectivity index (χ1n) is 7.62. The largest absolute Gasteiger partial charge is 0.308 e. The molecule has 4 heteroatoms. The molecule has 0 aromatic heterocycles. The summed E-state index contributed by atoms with van der Waals surface area (Å²) in [5.41, 5.74) is 1.24. The van der Waals surface area contributed by atoms with Crippen molar-refractivity contribution in [1.29, 1.82) is 0 Å². The van der Waals surface area contributed by atoms with Crippen molar-refractivity contribution in [2.45, 2.75) is 18.9 Å². The van der Waals surface area contributed by atoms with Crippen molar-refractivity contribution in [3.63, 3.8) is 0 Å². The van der Waals surface area contributed by atoms with Gasteiger partial charge in [-0.1, -0.05) is 12.1 Å². The van der Waals surface area contributed by atoms with Gasteiger partial charge in [0, 0.05) is 43.7 Å². The van der Waals surface area contributed by atoms with Crippen LogP contribution in [0.3, 0.4) is 0 Å². The van der Waals surface area contributed by atoms with Crippen LogP contribution in [0.2, 0.25) is 0 Å². The van der Waals surface area contributed by atoms with Crippen LogP contribution in [0.1, 0.15) is 24.4 Å². The molecule has 1 aliphatic heterocycles. The van der Waals surface area contributed by atoms with Crippen molar-refractivity contribution in [3.05, 3.63) is 35.6 Å². The zero-order valence-electron chi connectivity index (χ0n) is 11.9. The van der Waals surface area contributed by atoms with Gasteiger partial charge in [0.1, 0.15) is 5.82 Å². The maximum atomic E-state index is 13.0. The van der Waals surface area contributed by atoms with E-state index in [1.807, 2.05) is 12.1 Å². The normalized spacial score (nSPS) is 21.9. The molecule has 1 N–H and O–H groups in total. The monoisotopic (exact) mass is 294 g/mol. The second kappa shape index (κ2) is 6.92. The van der Waals surface area contributed by atoms with Gasteiger partial charge in [0.05, 0.1) is 0 Å². The lowest BCUT2D eigenvalue weighted by molar-refractivity contribution is 0.292. The summed E-state index contributed by atoms with van der Waals surface area (Å²) in [5, 5.41) is 3.69. The second-order valence-corrected chi connectivity index (χ2v) is 7.00. The Bertz CT molecular complexity index is 413. The minimum absolute atomic E-state index is 0.144. The lowest BCUT2D eigenvalue weighted by atomic mass is 10.0. The third-order valence-electron chi connectivity index (χ3n) is 4.22. The molecule has 0 radical (unpaired) electrons. The molecular formula is C16H23FN2S. The van der Waals surface area contributed by atoms with Crippen molar-refractivity contribution in [2.24, 2.45) is 5.92 Å². The molecule has 1 atom stereocenters. The van der Waals surface area contributed by atoms with Gasteiger partial charge < -0.3 is 10.2 Å². The van der Waals surface area contributed by atoms with Gasteiger partial charge in [-0.15, -0.1) is 0 Å². The standard InChI is InChI=1S/C16H23FN2S/c17-15-5-3-14(4-6-15)16(13-1-2-13)18-7-8-19-9-11-20-12-10-19/h3-6,13,16,18H,1-2,7-12H2. The fraction of sp³-hybridized carbons (Fsp3) is 0.625. The highest BCUT2D eigenvalue weighted by Gasteiger charge is 2.31. The highest BCUT2D eigenvalue weighted by molar-refractivity contribution is 7.99. The van der Waals surface area contributed by atoms with Crippen LogP contribution in [0, 0.1) is 11.7 Å². The van der Waals surface area contributed by atoms with Crippen molar-refractivity contribution in [3.8, 4) is 0 Å². The third kappa shape index (κ3) is 3.96. The lowest BCUT2D eigenvalue weighted by Gasteiger charge is -2.27. The summed E-state index contributed by atoms with van der Waals surface area (Å²) in [5.74, 6) is 3.14. The molecule has 2 aliphatic rings. The van der Waals surface area contributed by atoms with Crippen LogP contribution < -0.4 is 5.32 Å². The van der Waals surface area contributed by atoms with E-state index in [1.165, 1.54) is 43.0 Å². The fourth-order valence-corrected chi connectivity index (χ4v) is 3.84. The summed E-state index contributed by atoms with van der Waals surface area (Å²) >= 11 is 2.05. The minimum Gasteiger partial charge on any atom is -0.308 e. The summed E-state index contributed by atoms with van der Waals surface area (Å²) in [4.78, 5) is 2.54. The molecule has 2 nitrogen and oxygen atoms in total. The number of hydrogen-bond acceptors (Lipinski definition) is 3. The molecule has 20 heavy (non-hydrogen) atoms. The smallest absolute Gasteiger partial charge is 0.123 e. The quantitative estimate of drug-likeness (QED) is 0.868. The van der Waals surface area contributed by atoms with Crippen LogP contribution in [-0.4, -0.2) is 42.6 Å². The first-order chi connectivity index (χ1) is 9.83. The van der Waals surface area contributed by atoms with Gasteiger partial charge >= 0.3 is 0 Å². The van der Waals surface area contributed by atoms with Crippen molar-refractivity contribution >= 4 is 11.8 Å². The molecule has 3 rings (SSSR count). The molecule has 1 aliphatic carbocycles. The summed E-state index contributed by atoms with van der Waals surface area (Å²) in [7, 11) is 0. The average molecular weight is 294 g/mol. The Morgan fingerprint density at radius 2 is 1.90 bits per heavy atom. The number of thioether (sulfide) groups is 1. The van der Waals surface area contributed by atoms with E-state index in [9.17, 15) is 4.39 Å². The van der Waals surface area contributed by atoms with Crippen molar-refractivity contribution in [2.75, 3.05) is 37.7 Å². The first kappa shape index (κ1) is 14.4. The Kier molecular flexibility index (Phi) is 4.97. The SMILES string of the molecule is Fc1ccc(C(NCCN2CCSCC2)C2CC2)cc1. The summed E-state index contributed by atoms with van der Waals surface area (Å²) < 4.78 is 13.0. The number of nitrogens with zero attached hydrogens (tertiary/aromatic N) is 1. The maximum Gasteiger partial charge on any atom is 0.123 e. The molecule has 1 aromatic carbocycles. The lowest BCUT2D eigenvalue weighted by Crippen LogP contribution is -2.38. The third-order valence-corrected chi connectivity index (χ3v) is 5.16. The zero-order chi connectivity index (χ0) is 13.8. The van der Waals surface area contributed by atoms with Crippen LogP contribution >= 0.6 is 11.8 Å². The summed E-state index contributed by atoms with van der Waals surface area (Å²) in [6, 6.07) is 7.43. The zero-order valence-corrected chi connectivity index (χ0v) is 12.7. The summed E-state index contributed by atoms with van der Waals surface area (Å²) in [6.45, 7) is 4.60. The number of halogens is 1. The molecule has 0 spiro atoms. The van der Waals surface area contributed by atoms with E-state index in [-0.39, 0.29) is 5.82 Å². The molecule has 0 bridgehead atoms. The van der Waals surface area contributed by atoms with Gasteiger partial charge in [-0.05, 0) is 36.5 Å². The van der Waals surface area contributed by atoms with E-state index >= 15 is 0 Å². The van der Waals surface area contributed by atoms with E-state index in [1.54, 1.807) is 12.1 Å². The molecule has 110 valence electrons. The Balaban J connectivity index is 1.51. The molecule has 1 saturated carbocycles. The average Bonchev–Trinajstić information content (AvgIpc) is 3.31.